The van der Waals surface area contributed by atoms with E-state index in [2.05, 4.69) is 10.6 Å². The van der Waals surface area contributed by atoms with Crippen LogP contribution in [0, 0.1) is 0 Å². The molecule has 1 aliphatic heterocycles. The minimum Gasteiger partial charge on any atom is -0.493 e. The molecule has 0 aromatic heterocycles. The molecule has 30 heavy (non-hydrogen) atoms. The summed E-state index contributed by atoms with van der Waals surface area (Å²) in [5.74, 6) is 2.36. The Labute approximate surface area is 175 Å². The van der Waals surface area contributed by atoms with E-state index in [1.165, 1.54) is 0 Å². The van der Waals surface area contributed by atoms with Gasteiger partial charge in [0, 0.05) is 25.9 Å². The van der Waals surface area contributed by atoms with Gasteiger partial charge in [0.1, 0.15) is 0 Å². The van der Waals surface area contributed by atoms with Crippen LogP contribution < -0.4 is 29.6 Å². The molecule has 1 aliphatic rings. The number of rotatable bonds is 10. The van der Waals surface area contributed by atoms with Gasteiger partial charge in [-0.1, -0.05) is 12.1 Å². The zero-order chi connectivity index (χ0) is 21.3. The van der Waals surface area contributed by atoms with E-state index in [1.807, 2.05) is 36.4 Å². The molecule has 0 bridgehead atoms. The SMILES string of the molecule is COc1ccc(CCNC(=O)CCC(=O)NCc2ccc3c(c2)OCO3)cc1OC. The Morgan fingerprint density at radius 2 is 1.57 bits per heavy atom. The fourth-order valence-corrected chi connectivity index (χ4v) is 3.04. The molecule has 2 amide bonds. The van der Waals surface area contributed by atoms with Crippen LogP contribution >= 0.6 is 0 Å². The number of ether oxygens (including phenoxy) is 4. The third-order valence-corrected chi connectivity index (χ3v) is 4.69. The molecule has 2 N–H and O–H groups in total. The van der Waals surface area contributed by atoms with Crippen molar-refractivity contribution in [2.24, 2.45) is 0 Å². The van der Waals surface area contributed by atoms with Crippen LogP contribution in [0.1, 0.15) is 24.0 Å². The monoisotopic (exact) mass is 414 g/mol. The quantitative estimate of drug-likeness (QED) is 0.619. The van der Waals surface area contributed by atoms with Crippen LogP contribution in [0.15, 0.2) is 36.4 Å². The Morgan fingerprint density at radius 1 is 0.867 bits per heavy atom. The Bertz CT molecular complexity index is 899. The molecule has 2 aromatic rings. The van der Waals surface area contributed by atoms with Crippen molar-refractivity contribution in [1.82, 2.24) is 10.6 Å². The largest absolute Gasteiger partial charge is 0.493 e. The van der Waals surface area contributed by atoms with Gasteiger partial charge in [-0.25, -0.2) is 0 Å². The molecule has 0 radical (unpaired) electrons. The summed E-state index contributed by atoms with van der Waals surface area (Å²) in [7, 11) is 3.17. The van der Waals surface area contributed by atoms with Gasteiger partial charge in [-0.2, -0.15) is 0 Å². The van der Waals surface area contributed by atoms with Crippen molar-refractivity contribution < 1.29 is 28.5 Å². The van der Waals surface area contributed by atoms with E-state index < -0.39 is 0 Å². The van der Waals surface area contributed by atoms with Gasteiger partial charge in [0.2, 0.25) is 18.6 Å². The van der Waals surface area contributed by atoms with Crippen molar-refractivity contribution in [2.45, 2.75) is 25.8 Å². The molecule has 2 aromatic carbocycles. The molecular weight excluding hydrogens is 388 g/mol. The maximum absolute atomic E-state index is 12.0. The van der Waals surface area contributed by atoms with Crippen molar-refractivity contribution in [3.8, 4) is 23.0 Å². The minimum absolute atomic E-state index is 0.132. The lowest BCUT2D eigenvalue weighted by Gasteiger charge is -2.10. The lowest BCUT2D eigenvalue weighted by atomic mass is 10.1. The molecule has 0 saturated heterocycles. The molecule has 0 fully saturated rings. The van der Waals surface area contributed by atoms with Gasteiger partial charge in [-0.3, -0.25) is 9.59 Å². The van der Waals surface area contributed by atoms with Crippen molar-refractivity contribution in [2.75, 3.05) is 27.6 Å². The third kappa shape index (κ3) is 5.79. The number of fused-ring (bicyclic) bond motifs is 1. The van der Waals surface area contributed by atoms with E-state index in [0.717, 1.165) is 11.1 Å². The molecule has 0 aliphatic carbocycles. The molecule has 8 nitrogen and oxygen atoms in total. The molecule has 0 atom stereocenters. The van der Waals surface area contributed by atoms with Crippen LogP contribution in [-0.4, -0.2) is 39.4 Å². The highest BCUT2D eigenvalue weighted by Crippen LogP contribution is 2.32. The molecule has 8 heteroatoms. The fraction of sp³-hybridized carbons (Fsp3) is 0.364. The lowest BCUT2D eigenvalue weighted by Crippen LogP contribution is -2.28. The average molecular weight is 414 g/mol. The summed E-state index contributed by atoms with van der Waals surface area (Å²) in [6.45, 7) is 1.07. The van der Waals surface area contributed by atoms with Gasteiger partial charge in [0.05, 0.1) is 14.2 Å². The van der Waals surface area contributed by atoms with Crippen LogP contribution in [-0.2, 0) is 22.6 Å². The summed E-state index contributed by atoms with van der Waals surface area (Å²) in [6, 6.07) is 11.2. The first-order valence-electron chi connectivity index (χ1n) is 9.72. The Hall–Kier alpha value is -3.42. The summed E-state index contributed by atoms with van der Waals surface area (Å²) in [5.41, 5.74) is 1.93. The van der Waals surface area contributed by atoms with E-state index in [1.54, 1.807) is 14.2 Å². The summed E-state index contributed by atoms with van der Waals surface area (Å²) >= 11 is 0. The van der Waals surface area contributed by atoms with Crippen LogP contribution in [0.4, 0.5) is 0 Å². The molecule has 1 heterocycles. The normalized spacial score (nSPS) is 11.7. The van der Waals surface area contributed by atoms with Gasteiger partial charge in [0.25, 0.3) is 0 Å². The van der Waals surface area contributed by atoms with Crippen LogP contribution in [0.2, 0.25) is 0 Å². The lowest BCUT2D eigenvalue weighted by molar-refractivity contribution is -0.126. The van der Waals surface area contributed by atoms with E-state index in [-0.39, 0.29) is 31.4 Å². The topological polar surface area (TPSA) is 95.1 Å². The molecule has 0 unspecified atom stereocenters. The van der Waals surface area contributed by atoms with E-state index in [4.69, 9.17) is 18.9 Å². The van der Waals surface area contributed by atoms with Crippen molar-refractivity contribution in [1.29, 1.82) is 0 Å². The second kappa shape index (κ2) is 10.4. The highest BCUT2D eigenvalue weighted by molar-refractivity contribution is 5.83. The maximum Gasteiger partial charge on any atom is 0.231 e. The number of amides is 2. The second-order valence-corrected chi connectivity index (χ2v) is 6.75. The first-order chi connectivity index (χ1) is 14.6. The Kier molecular flexibility index (Phi) is 7.37. The minimum atomic E-state index is -0.178. The fourth-order valence-electron chi connectivity index (χ4n) is 3.04. The summed E-state index contributed by atoms with van der Waals surface area (Å²) in [5, 5.41) is 5.64. The summed E-state index contributed by atoms with van der Waals surface area (Å²) < 4.78 is 21.1. The van der Waals surface area contributed by atoms with Crippen molar-refractivity contribution in [3.05, 3.63) is 47.5 Å². The van der Waals surface area contributed by atoms with Crippen LogP contribution in [0.25, 0.3) is 0 Å². The van der Waals surface area contributed by atoms with E-state index in [0.29, 0.717) is 42.5 Å². The predicted octanol–water partition coefficient (Wildman–Crippen LogP) is 2.19. The Balaban J connectivity index is 1.34. The first-order valence-corrected chi connectivity index (χ1v) is 9.72. The summed E-state index contributed by atoms with van der Waals surface area (Å²) in [6.07, 6.45) is 0.925. The average Bonchev–Trinajstić information content (AvgIpc) is 3.24. The standard InChI is InChI=1S/C22H26N2O6/c1-27-17-5-3-15(11-19(17)28-2)9-10-23-21(25)7-8-22(26)24-13-16-4-6-18-20(12-16)30-14-29-18/h3-6,11-12H,7-10,13-14H2,1-2H3,(H,23,25)(H,24,26). The first kappa shape index (κ1) is 21.3. The zero-order valence-corrected chi connectivity index (χ0v) is 17.2. The highest BCUT2D eigenvalue weighted by atomic mass is 16.7. The maximum atomic E-state index is 12.0. The van der Waals surface area contributed by atoms with Crippen molar-refractivity contribution in [3.63, 3.8) is 0 Å². The molecule has 0 spiro atoms. The van der Waals surface area contributed by atoms with Gasteiger partial charge < -0.3 is 29.6 Å². The molecule has 0 saturated carbocycles. The summed E-state index contributed by atoms with van der Waals surface area (Å²) in [4.78, 5) is 24.0. The number of carbonyl (C=O) groups is 2. The smallest absolute Gasteiger partial charge is 0.231 e. The van der Waals surface area contributed by atoms with Gasteiger partial charge in [0.15, 0.2) is 23.0 Å². The number of hydrogen-bond donors (Lipinski definition) is 2. The van der Waals surface area contributed by atoms with E-state index in [9.17, 15) is 9.59 Å². The number of nitrogens with one attached hydrogen (secondary N) is 2. The number of benzene rings is 2. The van der Waals surface area contributed by atoms with E-state index >= 15 is 0 Å². The Morgan fingerprint density at radius 3 is 2.33 bits per heavy atom. The third-order valence-electron chi connectivity index (χ3n) is 4.69. The number of carbonyl (C=O) groups excluding carboxylic acids is 2. The molecule has 3 rings (SSSR count). The number of methoxy groups -OCH3 is 2. The molecular formula is C22H26N2O6. The second-order valence-electron chi connectivity index (χ2n) is 6.75. The van der Waals surface area contributed by atoms with Crippen molar-refractivity contribution >= 4 is 11.8 Å². The van der Waals surface area contributed by atoms with Gasteiger partial charge in [-0.15, -0.1) is 0 Å². The van der Waals surface area contributed by atoms with Crippen LogP contribution in [0.5, 0.6) is 23.0 Å². The predicted molar refractivity (Wildman–Crippen MR) is 110 cm³/mol. The number of hydrogen-bond acceptors (Lipinski definition) is 6. The van der Waals surface area contributed by atoms with Gasteiger partial charge >= 0.3 is 0 Å². The molecule has 160 valence electrons. The highest BCUT2D eigenvalue weighted by Gasteiger charge is 2.13. The van der Waals surface area contributed by atoms with Gasteiger partial charge in [-0.05, 0) is 41.8 Å². The zero-order valence-electron chi connectivity index (χ0n) is 17.2. The van der Waals surface area contributed by atoms with Crippen LogP contribution in [0.3, 0.4) is 0 Å².